The van der Waals surface area contributed by atoms with E-state index in [4.69, 9.17) is 0 Å². The van der Waals surface area contributed by atoms with Gasteiger partial charge in [-0.05, 0) is 36.7 Å². The first kappa shape index (κ1) is 17.5. The van der Waals surface area contributed by atoms with Crippen molar-refractivity contribution < 1.29 is 5.11 Å². The van der Waals surface area contributed by atoms with Crippen LogP contribution in [0.3, 0.4) is 0 Å². The minimum absolute atomic E-state index is 0.810. The molecule has 0 radical (unpaired) electrons. The Morgan fingerprint density at radius 2 is 1.43 bits per heavy atom. The van der Waals surface area contributed by atoms with Crippen molar-refractivity contribution in [3.05, 3.63) is 85.1 Å². The Labute approximate surface area is 141 Å². The van der Waals surface area contributed by atoms with Crippen LogP contribution in [0.4, 0.5) is 0 Å². The lowest BCUT2D eigenvalue weighted by molar-refractivity contribution is 0.133. The highest BCUT2D eigenvalue weighted by Gasteiger charge is 2.34. The molecule has 0 bridgehead atoms. The van der Waals surface area contributed by atoms with Crippen molar-refractivity contribution in [1.29, 1.82) is 0 Å². The normalized spacial score (nSPS) is 12.5. The second kappa shape index (κ2) is 7.58. The molecular weight excluding hydrogens is 296 g/mol. The Balaban J connectivity index is 2.63. The molecule has 0 spiro atoms. The maximum absolute atomic E-state index is 10.2. The lowest BCUT2D eigenvalue weighted by Crippen LogP contribution is -2.57. The van der Waals surface area contributed by atoms with Crippen molar-refractivity contribution in [3.8, 4) is 0 Å². The van der Waals surface area contributed by atoms with Gasteiger partial charge in [0.15, 0.2) is 0 Å². The molecule has 0 amide bonds. The van der Waals surface area contributed by atoms with Gasteiger partial charge in [-0.3, -0.25) is 0 Å². The summed E-state index contributed by atoms with van der Waals surface area (Å²) in [5.74, 6) is 0. The number of rotatable bonds is 7. The smallest absolute Gasteiger partial charge is 0.141 e. The van der Waals surface area contributed by atoms with Gasteiger partial charge in [-0.25, -0.2) is 0 Å². The van der Waals surface area contributed by atoms with Crippen LogP contribution in [-0.2, 0) is 0 Å². The van der Waals surface area contributed by atoms with Crippen LogP contribution >= 0.6 is 0 Å². The van der Waals surface area contributed by atoms with E-state index in [1.807, 2.05) is 26.0 Å². The van der Waals surface area contributed by atoms with Gasteiger partial charge in [0.05, 0.1) is 5.60 Å². The van der Waals surface area contributed by atoms with Gasteiger partial charge in [0.25, 0.3) is 0 Å². The molecule has 0 fully saturated rings. The van der Waals surface area contributed by atoms with Gasteiger partial charge >= 0.3 is 0 Å². The Kier molecular flexibility index (Phi) is 5.75. The van der Waals surface area contributed by atoms with Crippen molar-refractivity contribution >= 4 is 18.4 Å². The predicted molar refractivity (Wildman–Crippen MR) is 103 cm³/mol. The quantitative estimate of drug-likeness (QED) is 0.609. The largest absolute Gasteiger partial charge is 0.386 e. The topological polar surface area (TPSA) is 20.2 Å². The van der Waals surface area contributed by atoms with E-state index < -0.39 is 13.7 Å². The van der Waals surface area contributed by atoms with Crippen LogP contribution in [0.5, 0.6) is 0 Å². The van der Waals surface area contributed by atoms with Crippen LogP contribution in [-0.4, -0.2) is 18.8 Å². The van der Waals surface area contributed by atoms with Crippen molar-refractivity contribution in [1.82, 2.24) is 0 Å². The summed E-state index contributed by atoms with van der Waals surface area (Å²) in [5.41, 5.74) is 1.48. The molecule has 0 aromatic heterocycles. The molecular formula is C21H26OSi. The second-order valence-corrected chi connectivity index (χ2v) is 10.4. The van der Waals surface area contributed by atoms with E-state index >= 15 is 0 Å². The molecule has 2 aromatic carbocycles. The zero-order chi connectivity index (χ0) is 16.8. The number of hydrogen-bond donors (Lipinski definition) is 1. The van der Waals surface area contributed by atoms with Gasteiger partial charge in [0.2, 0.25) is 0 Å². The van der Waals surface area contributed by atoms with Gasteiger partial charge in [-0.2, -0.15) is 0 Å². The van der Waals surface area contributed by atoms with Crippen LogP contribution in [0.1, 0.15) is 20.3 Å². The van der Waals surface area contributed by atoms with Gasteiger partial charge in [-0.1, -0.05) is 78.5 Å². The van der Waals surface area contributed by atoms with Crippen LogP contribution in [0.2, 0.25) is 6.04 Å². The molecule has 0 aliphatic rings. The number of benzene rings is 2. The van der Waals surface area contributed by atoms with E-state index in [1.54, 1.807) is 0 Å². The monoisotopic (exact) mass is 322 g/mol. The number of hydrogen-bond acceptors (Lipinski definition) is 1. The van der Waals surface area contributed by atoms with Crippen LogP contribution in [0.25, 0.3) is 0 Å². The number of allylic oxidation sites excluding steroid dienone is 1. The van der Waals surface area contributed by atoms with Crippen molar-refractivity contribution in [2.75, 3.05) is 0 Å². The summed E-state index contributed by atoms with van der Waals surface area (Å²) in [6.45, 7) is 7.56. The highest BCUT2D eigenvalue weighted by atomic mass is 28.3. The first-order valence-electron chi connectivity index (χ1n) is 8.13. The third-order valence-corrected chi connectivity index (χ3v) is 8.64. The van der Waals surface area contributed by atoms with E-state index in [9.17, 15) is 5.11 Å². The standard InChI is InChI=1S/C21H26OSi/c1-4-5-17-23(18-16-21(2,3)22,19-12-8-6-9-13-19)20-14-10-7-11-15-20/h4,6-16,18,22H,1,5,17H2,2-3H3/b18-16+. The molecule has 0 saturated carbocycles. The molecule has 0 unspecified atom stereocenters. The molecule has 0 atom stereocenters. The van der Waals surface area contributed by atoms with Gasteiger partial charge in [0, 0.05) is 0 Å². The minimum atomic E-state index is -2.09. The fourth-order valence-corrected chi connectivity index (χ4v) is 7.27. The molecule has 2 aromatic rings. The van der Waals surface area contributed by atoms with Crippen LogP contribution in [0, 0.1) is 0 Å². The summed E-state index contributed by atoms with van der Waals surface area (Å²) in [4.78, 5) is 0. The van der Waals surface area contributed by atoms with Crippen molar-refractivity contribution in [2.45, 2.75) is 31.9 Å². The lowest BCUT2D eigenvalue weighted by Gasteiger charge is -2.30. The molecule has 2 heteroatoms. The Morgan fingerprint density at radius 1 is 0.957 bits per heavy atom. The average Bonchev–Trinajstić information content (AvgIpc) is 2.56. The molecule has 1 N–H and O–H groups in total. The third-order valence-electron chi connectivity index (χ3n) is 4.10. The summed E-state index contributed by atoms with van der Waals surface area (Å²) >= 11 is 0. The average molecular weight is 323 g/mol. The first-order chi connectivity index (χ1) is 11.0. The second-order valence-electron chi connectivity index (χ2n) is 6.52. The van der Waals surface area contributed by atoms with Crippen molar-refractivity contribution in [2.24, 2.45) is 0 Å². The molecule has 0 saturated heterocycles. The van der Waals surface area contributed by atoms with E-state index in [-0.39, 0.29) is 0 Å². The zero-order valence-corrected chi connectivity index (χ0v) is 15.1. The van der Waals surface area contributed by atoms with Gasteiger partial charge in [0.1, 0.15) is 8.07 Å². The molecule has 0 aliphatic heterocycles. The minimum Gasteiger partial charge on any atom is -0.386 e. The van der Waals surface area contributed by atoms with E-state index in [1.165, 1.54) is 10.4 Å². The Morgan fingerprint density at radius 3 is 1.83 bits per heavy atom. The molecule has 0 heterocycles. The molecule has 2 rings (SSSR count). The van der Waals surface area contributed by atoms with E-state index in [2.05, 4.69) is 72.9 Å². The SMILES string of the molecule is C=CCC[Si](/C=C/C(C)(C)O)(c1ccccc1)c1ccccc1. The Hall–Kier alpha value is -1.90. The van der Waals surface area contributed by atoms with Gasteiger partial charge < -0.3 is 5.11 Å². The maximum Gasteiger partial charge on any atom is 0.141 e. The molecule has 23 heavy (non-hydrogen) atoms. The Bertz CT molecular complexity index is 599. The fourth-order valence-electron chi connectivity index (χ4n) is 2.88. The first-order valence-corrected chi connectivity index (χ1v) is 10.4. The highest BCUT2D eigenvalue weighted by molar-refractivity contribution is 7.05. The number of aliphatic hydroxyl groups is 1. The van der Waals surface area contributed by atoms with Crippen molar-refractivity contribution in [3.63, 3.8) is 0 Å². The molecule has 1 nitrogen and oxygen atoms in total. The maximum atomic E-state index is 10.2. The lowest BCUT2D eigenvalue weighted by atomic mass is 10.1. The fraction of sp³-hybridized carbons (Fsp3) is 0.238. The predicted octanol–water partition coefficient (Wildman–Crippen LogP) is 3.69. The van der Waals surface area contributed by atoms with Gasteiger partial charge in [-0.15, -0.1) is 6.58 Å². The van der Waals surface area contributed by atoms with E-state index in [0.29, 0.717) is 0 Å². The molecule has 120 valence electrons. The molecule has 0 aliphatic carbocycles. The third kappa shape index (κ3) is 4.53. The summed E-state index contributed by atoms with van der Waals surface area (Å²) < 4.78 is 0. The highest BCUT2D eigenvalue weighted by Crippen LogP contribution is 2.18. The van der Waals surface area contributed by atoms with Crippen LogP contribution < -0.4 is 10.4 Å². The summed E-state index contributed by atoms with van der Waals surface area (Å²) in [7, 11) is -2.09. The zero-order valence-electron chi connectivity index (χ0n) is 14.1. The van der Waals surface area contributed by atoms with E-state index in [0.717, 1.165) is 12.5 Å². The summed E-state index contributed by atoms with van der Waals surface area (Å²) in [6.07, 6.45) is 4.92. The van der Waals surface area contributed by atoms with Crippen LogP contribution in [0.15, 0.2) is 85.1 Å². The summed E-state index contributed by atoms with van der Waals surface area (Å²) in [6, 6.07) is 22.5. The summed E-state index contributed by atoms with van der Waals surface area (Å²) in [5, 5.41) is 13.0.